The van der Waals surface area contributed by atoms with Gasteiger partial charge in [-0.2, -0.15) is 0 Å². The first-order chi connectivity index (χ1) is 14.6. The number of nitrogens with zero attached hydrogens (tertiary/aromatic N) is 1. The number of piperidine rings is 2. The van der Waals surface area contributed by atoms with Crippen molar-refractivity contribution >= 4 is 5.91 Å². The Kier molecular flexibility index (Phi) is 5.38. The van der Waals surface area contributed by atoms with Crippen LogP contribution in [0.15, 0.2) is 42.5 Å². The molecule has 30 heavy (non-hydrogen) atoms. The van der Waals surface area contributed by atoms with Gasteiger partial charge >= 0.3 is 0 Å². The van der Waals surface area contributed by atoms with Crippen molar-refractivity contribution in [2.45, 2.75) is 57.7 Å². The molecule has 0 saturated carbocycles. The summed E-state index contributed by atoms with van der Waals surface area (Å²) in [6.45, 7) is 7.58. The summed E-state index contributed by atoms with van der Waals surface area (Å²) in [6.07, 6.45) is 4.80. The third-order valence-electron chi connectivity index (χ3n) is 7.53. The van der Waals surface area contributed by atoms with Crippen molar-refractivity contribution in [3.8, 4) is 0 Å². The van der Waals surface area contributed by atoms with Gasteiger partial charge in [0.05, 0.1) is 6.04 Å². The highest BCUT2D eigenvalue weighted by molar-refractivity contribution is 5.98. The van der Waals surface area contributed by atoms with E-state index in [9.17, 15) is 4.79 Å². The minimum atomic E-state index is -0.00982. The molecule has 2 fully saturated rings. The molecule has 0 aromatic heterocycles. The maximum absolute atomic E-state index is 13.5. The highest BCUT2D eigenvalue weighted by Gasteiger charge is 2.41. The van der Waals surface area contributed by atoms with Gasteiger partial charge in [0, 0.05) is 30.7 Å². The van der Waals surface area contributed by atoms with Crippen LogP contribution in [-0.4, -0.2) is 36.5 Å². The molecule has 2 N–H and O–H groups in total. The van der Waals surface area contributed by atoms with Crippen molar-refractivity contribution in [1.29, 1.82) is 0 Å². The zero-order valence-corrected chi connectivity index (χ0v) is 18.2. The normalized spacial score (nSPS) is 26.8. The third-order valence-corrected chi connectivity index (χ3v) is 7.53. The maximum Gasteiger partial charge on any atom is 0.252 e. The van der Waals surface area contributed by atoms with Gasteiger partial charge in [0.15, 0.2) is 0 Å². The quantitative estimate of drug-likeness (QED) is 0.809. The second kappa shape index (κ2) is 8.16. The number of aryl methyl sites for hydroxylation is 1. The lowest BCUT2D eigenvalue weighted by atomic mass is 9.75. The second-order valence-corrected chi connectivity index (χ2v) is 9.40. The Hall–Kier alpha value is -2.17. The second-order valence-electron chi connectivity index (χ2n) is 9.40. The zero-order valence-electron chi connectivity index (χ0n) is 18.2. The Morgan fingerprint density at radius 3 is 2.87 bits per heavy atom. The van der Waals surface area contributed by atoms with Crippen LogP contribution < -0.4 is 10.6 Å². The molecule has 0 radical (unpaired) electrons. The van der Waals surface area contributed by atoms with Gasteiger partial charge in [0.2, 0.25) is 0 Å². The van der Waals surface area contributed by atoms with E-state index in [2.05, 4.69) is 53.6 Å². The Labute approximate surface area is 180 Å². The van der Waals surface area contributed by atoms with Crippen LogP contribution >= 0.6 is 0 Å². The fourth-order valence-electron chi connectivity index (χ4n) is 5.91. The van der Waals surface area contributed by atoms with Crippen molar-refractivity contribution in [3.63, 3.8) is 0 Å². The first kappa shape index (κ1) is 19.8. The van der Waals surface area contributed by atoms with Gasteiger partial charge in [-0.05, 0) is 74.2 Å². The monoisotopic (exact) mass is 403 g/mol. The van der Waals surface area contributed by atoms with Crippen molar-refractivity contribution in [1.82, 2.24) is 15.5 Å². The fourth-order valence-corrected chi connectivity index (χ4v) is 5.91. The van der Waals surface area contributed by atoms with Crippen LogP contribution in [0.1, 0.15) is 70.9 Å². The van der Waals surface area contributed by atoms with Gasteiger partial charge in [0.1, 0.15) is 0 Å². The van der Waals surface area contributed by atoms with Crippen LogP contribution in [0, 0.1) is 12.8 Å². The molecule has 2 aromatic rings. The van der Waals surface area contributed by atoms with Crippen LogP contribution in [0.4, 0.5) is 0 Å². The summed E-state index contributed by atoms with van der Waals surface area (Å²) in [4.78, 5) is 16.2. The number of benzene rings is 2. The molecule has 0 spiro atoms. The fraction of sp³-hybridized carbons (Fsp3) is 0.500. The largest absolute Gasteiger partial charge is 0.346 e. The summed E-state index contributed by atoms with van der Waals surface area (Å²) in [5.41, 5.74) is 5.81. The molecular weight excluding hydrogens is 370 g/mol. The van der Waals surface area contributed by atoms with E-state index in [4.69, 9.17) is 0 Å². The zero-order chi connectivity index (χ0) is 20.7. The molecule has 3 aliphatic rings. The molecule has 1 amide bonds. The lowest BCUT2D eigenvalue weighted by Crippen LogP contribution is -2.55. The maximum atomic E-state index is 13.5. The van der Waals surface area contributed by atoms with E-state index in [1.54, 1.807) is 0 Å². The molecule has 0 bridgehead atoms. The molecule has 4 atom stereocenters. The average molecular weight is 404 g/mol. The van der Waals surface area contributed by atoms with E-state index in [0.29, 0.717) is 12.1 Å². The van der Waals surface area contributed by atoms with E-state index in [1.807, 2.05) is 18.2 Å². The summed E-state index contributed by atoms with van der Waals surface area (Å²) in [5.74, 6) is 0.831. The number of nitrogens with one attached hydrogen (secondary N) is 2. The Balaban J connectivity index is 1.46. The van der Waals surface area contributed by atoms with Crippen LogP contribution in [-0.2, 0) is 6.42 Å². The molecule has 2 saturated heterocycles. The number of carbonyl (C=O) groups is 1. The molecule has 3 aliphatic heterocycles. The number of amides is 1. The van der Waals surface area contributed by atoms with Crippen molar-refractivity contribution in [3.05, 3.63) is 70.3 Å². The number of fused-ring (bicyclic) bond motifs is 4. The molecule has 2 aromatic carbocycles. The van der Waals surface area contributed by atoms with E-state index >= 15 is 0 Å². The van der Waals surface area contributed by atoms with E-state index in [-0.39, 0.29) is 11.9 Å². The summed E-state index contributed by atoms with van der Waals surface area (Å²) in [6, 6.07) is 15.6. The number of rotatable bonds is 3. The van der Waals surface area contributed by atoms with Crippen molar-refractivity contribution in [2.75, 3.05) is 19.6 Å². The van der Waals surface area contributed by atoms with E-state index in [0.717, 1.165) is 55.1 Å². The summed E-state index contributed by atoms with van der Waals surface area (Å²) in [5, 5.41) is 7.06. The first-order valence-electron chi connectivity index (χ1n) is 11.6. The Morgan fingerprint density at radius 2 is 2.03 bits per heavy atom. The summed E-state index contributed by atoms with van der Waals surface area (Å²) < 4.78 is 0. The van der Waals surface area contributed by atoms with Gasteiger partial charge in [0.25, 0.3) is 5.91 Å². The molecule has 4 nitrogen and oxygen atoms in total. The van der Waals surface area contributed by atoms with Gasteiger partial charge < -0.3 is 10.6 Å². The van der Waals surface area contributed by atoms with Gasteiger partial charge in [-0.25, -0.2) is 0 Å². The van der Waals surface area contributed by atoms with Crippen molar-refractivity contribution < 1.29 is 4.79 Å². The van der Waals surface area contributed by atoms with Crippen LogP contribution in [0.2, 0.25) is 0 Å². The molecule has 0 aliphatic carbocycles. The molecular formula is C26H33N3O. The Bertz CT molecular complexity index is 925. The van der Waals surface area contributed by atoms with Gasteiger partial charge in [-0.3, -0.25) is 9.69 Å². The Morgan fingerprint density at radius 1 is 1.20 bits per heavy atom. The van der Waals surface area contributed by atoms with Crippen LogP contribution in [0.25, 0.3) is 0 Å². The molecule has 3 heterocycles. The SMILES string of the molecule is Cc1ccc2c(c1C(=O)N[C@H](C)c1ccccc1)[C@H]1C[C@@H]3NCCC[C@@H]3CN1CC2. The van der Waals surface area contributed by atoms with Crippen LogP contribution in [0.5, 0.6) is 0 Å². The predicted molar refractivity (Wildman–Crippen MR) is 121 cm³/mol. The first-order valence-corrected chi connectivity index (χ1v) is 11.6. The number of carbonyl (C=O) groups excluding carboxylic acids is 1. The number of hydrogen-bond acceptors (Lipinski definition) is 3. The molecule has 4 heteroatoms. The number of hydrogen-bond donors (Lipinski definition) is 2. The minimum Gasteiger partial charge on any atom is -0.346 e. The third kappa shape index (κ3) is 3.57. The lowest BCUT2D eigenvalue weighted by molar-refractivity contribution is 0.0542. The summed E-state index contributed by atoms with van der Waals surface area (Å²) >= 11 is 0. The van der Waals surface area contributed by atoms with Crippen molar-refractivity contribution in [2.24, 2.45) is 5.92 Å². The average Bonchev–Trinajstić information content (AvgIpc) is 2.78. The molecule has 158 valence electrons. The van der Waals surface area contributed by atoms with E-state index < -0.39 is 0 Å². The van der Waals surface area contributed by atoms with E-state index in [1.165, 1.54) is 24.0 Å². The lowest BCUT2D eigenvalue weighted by Gasteiger charge is -2.49. The molecule has 0 unspecified atom stereocenters. The van der Waals surface area contributed by atoms with Crippen LogP contribution in [0.3, 0.4) is 0 Å². The predicted octanol–water partition coefficient (Wildman–Crippen LogP) is 4.16. The minimum absolute atomic E-state index is 0.00982. The highest BCUT2D eigenvalue weighted by Crippen LogP contribution is 2.42. The topological polar surface area (TPSA) is 44.4 Å². The smallest absolute Gasteiger partial charge is 0.252 e. The van der Waals surface area contributed by atoms with Gasteiger partial charge in [-0.15, -0.1) is 0 Å². The standard InChI is InChI=1S/C26H33N3O/c1-17-10-11-20-12-14-29-16-21-9-6-13-27-22(21)15-23(29)25(20)24(17)26(30)28-18(2)19-7-4-3-5-8-19/h3-5,7-8,10-11,18,21-23,27H,6,9,12-16H2,1-2H3,(H,28,30)/t18-,21-,22+,23-/m1/s1. The highest BCUT2D eigenvalue weighted by atomic mass is 16.1. The molecule has 5 rings (SSSR count). The summed E-state index contributed by atoms with van der Waals surface area (Å²) in [7, 11) is 0. The van der Waals surface area contributed by atoms with Gasteiger partial charge in [-0.1, -0.05) is 42.5 Å².